The predicted molar refractivity (Wildman–Crippen MR) is 130 cm³/mol. The van der Waals surface area contributed by atoms with Gasteiger partial charge in [0.25, 0.3) is 0 Å². The van der Waals surface area contributed by atoms with Gasteiger partial charge < -0.3 is 4.74 Å². The van der Waals surface area contributed by atoms with Crippen molar-refractivity contribution in [1.29, 1.82) is 0 Å². The molecule has 0 bridgehead atoms. The Kier molecular flexibility index (Phi) is 7.18. The summed E-state index contributed by atoms with van der Waals surface area (Å²) >= 11 is 0. The zero-order chi connectivity index (χ0) is 25.2. The molecule has 0 aliphatic carbocycles. The van der Waals surface area contributed by atoms with Gasteiger partial charge in [-0.2, -0.15) is 0 Å². The fourth-order valence-corrected chi connectivity index (χ4v) is 5.62. The highest BCUT2D eigenvalue weighted by atomic mass is 32.2. The molecule has 3 aromatic rings. The van der Waals surface area contributed by atoms with Crippen LogP contribution in [-0.4, -0.2) is 51.3 Å². The lowest BCUT2D eigenvalue weighted by Gasteiger charge is -2.48. The van der Waals surface area contributed by atoms with Crippen molar-refractivity contribution in [3.05, 3.63) is 101 Å². The second kappa shape index (κ2) is 10.1. The monoisotopic (exact) mass is 500 g/mol. The van der Waals surface area contributed by atoms with E-state index in [9.17, 15) is 22.0 Å². The van der Waals surface area contributed by atoms with Crippen LogP contribution in [0.4, 0.5) is 14.5 Å². The molecule has 3 aromatic carbocycles. The molecule has 1 heterocycles. The Balaban J connectivity index is 1.62. The number of carbonyl (C=O) groups excluding carboxylic acids is 1. The standard InChI is InChI=1S/C26H26F2N2O4S/c1-3-34-26(31)20-11-9-19(10-12-20)25(18-7-5-4-6-8-18)29-16-24(17-29)30(35(2,32)33)23-14-21(27)13-22(28)15-23/h4-15,24-25H,3,16-17H2,1-2H3/t25-/m1/s1. The zero-order valence-electron chi connectivity index (χ0n) is 19.4. The highest BCUT2D eigenvalue weighted by molar-refractivity contribution is 7.92. The molecule has 35 heavy (non-hydrogen) atoms. The minimum Gasteiger partial charge on any atom is -0.462 e. The van der Waals surface area contributed by atoms with Crippen molar-refractivity contribution in [2.24, 2.45) is 0 Å². The Morgan fingerprint density at radius 1 is 1.00 bits per heavy atom. The first-order valence-electron chi connectivity index (χ1n) is 11.2. The minimum atomic E-state index is -3.79. The summed E-state index contributed by atoms with van der Waals surface area (Å²) in [5.74, 6) is -2.08. The Morgan fingerprint density at radius 2 is 1.57 bits per heavy atom. The molecule has 1 aliphatic heterocycles. The van der Waals surface area contributed by atoms with E-state index in [0.717, 1.165) is 33.8 Å². The van der Waals surface area contributed by atoms with Gasteiger partial charge in [-0.25, -0.2) is 22.0 Å². The molecule has 1 atom stereocenters. The maximum absolute atomic E-state index is 13.8. The number of carbonyl (C=O) groups is 1. The van der Waals surface area contributed by atoms with Crippen LogP contribution in [0.5, 0.6) is 0 Å². The van der Waals surface area contributed by atoms with Gasteiger partial charge in [-0.15, -0.1) is 0 Å². The number of hydrogen-bond donors (Lipinski definition) is 0. The molecular weight excluding hydrogens is 474 g/mol. The minimum absolute atomic E-state index is 0.0373. The predicted octanol–water partition coefficient (Wildman–Crippen LogP) is 4.38. The Bertz CT molecular complexity index is 1270. The first kappa shape index (κ1) is 24.8. The number of sulfonamides is 1. The molecule has 1 fully saturated rings. The number of anilines is 1. The molecular formula is C26H26F2N2O4S. The van der Waals surface area contributed by atoms with Crippen LogP contribution in [0.3, 0.4) is 0 Å². The Labute approximate surface area is 203 Å². The number of esters is 1. The summed E-state index contributed by atoms with van der Waals surface area (Å²) in [5.41, 5.74) is 2.33. The third-order valence-corrected chi connectivity index (χ3v) is 7.12. The van der Waals surface area contributed by atoms with E-state index in [4.69, 9.17) is 4.74 Å². The average Bonchev–Trinajstić information content (AvgIpc) is 2.77. The molecule has 0 aromatic heterocycles. The van der Waals surface area contributed by atoms with Gasteiger partial charge in [-0.1, -0.05) is 42.5 Å². The van der Waals surface area contributed by atoms with Gasteiger partial charge >= 0.3 is 5.97 Å². The molecule has 6 nitrogen and oxygen atoms in total. The highest BCUT2D eigenvalue weighted by Gasteiger charge is 2.41. The van der Waals surface area contributed by atoms with Crippen LogP contribution in [0.15, 0.2) is 72.8 Å². The molecule has 1 aliphatic rings. The van der Waals surface area contributed by atoms with Gasteiger partial charge in [0.15, 0.2) is 0 Å². The molecule has 0 spiro atoms. The van der Waals surface area contributed by atoms with Crippen LogP contribution >= 0.6 is 0 Å². The van der Waals surface area contributed by atoms with Crippen LogP contribution in [0, 0.1) is 11.6 Å². The van der Waals surface area contributed by atoms with Crippen LogP contribution < -0.4 is 4.31 Å². The van der Waals surface area contributed by atoms with Gasteiger partial charge in [0.2, 0.25) is 10.0 Å². The molecule has 0 radical (unpaired) electrons. The van der Waals surface area contributed by atoms with Gasteiger partial charge in [0.1, 0.15) is 11.6 Å². The second-order valence-electron chi connectivity index (χ2n) is 8.45. The topological polar surface area (TPSA) is 66.9 Å². The van der Waals surface area contributed by atoms with E-state index >= 15 is 0 Å². The van der Waals surface area contributed by atoms with E-state index in [-0.39, 0.29) is 18.3 Å². The zero-order valence-corrected chi connectivity index (χ0v) is 20.2. The maximum atomic E-state index is 13.8. The quantitative estimate of drug-likeness (QED) is 0.430. The summed E-state index contributed by atoms with van der Waals surface area (Å²) in [7, 11) is -3.79. The van der Waals surface area contributed by atoms with E-state index in [1.165, 1.54) is 0 Å². The van der Waals surface area contributed by atoms with E-state index in [2.05, 4.69) is 4.90 Å². The van der Waals surface area contributed by atoms with Gasteiger partial charge in [0.05, 0.1) is 36.2 Å². The fourth-order valence-electron chi connectivity index (χ4n) is 4.45. The van der Waals surface area contributed by atoms with Gasteiger partial charge in [-0.05, 0) is 42.3 Å². The Hall–Kier alpha value is -3.30. The van der Waals surface area contributed by atoms with Crippen molar-refractivity contribution in [2.45, 2.75) is 19.0 Å². The van der Waals surface area contributed by atoms with Crippen molar-refractivity contribution in [3.8, 4) is 0 Å². The van der Waals surface area contributed by atoms with Crippen molar-refractivity contribution in [1.82, 2.24) is 4.90 Å². The van der Waals surface area contributed by atoms with Crippen LogP contribution in [0.2, 0.25) is 0 Å². The summed E-state index contributed by atoms with van der Waals surface area (Å²) in [6.45, 7) is 2.74. The van der Waals surface area contributed by atoms with E-state index in [0.29, 0.717) is 24.7 Å². The summed E-state index contributed by atoms with van der Waals surface area (Å²) in [6, 6.07) is 18.9. The molecule has 9 heteroatoms. The van der Waals surface area contributed by atoms with Crippen LogP contribution in [-0.2, 0) is 14.8 Å². The summed E-state index contributed by atoms with van der Waals surface area (Å²) < 4.78 is 59.0. The van der Waals surface area contributed by atoms with Gasteiger partial charge in [0, 0.05) is 19.2 Å². The molecule has 0 saturated carbocycles. The first-order valence-corrected chi connectivity index (χ1v) is 13.0. The second-order valence-corrected chi connectivity index (χ2v) is 10.3. The highest BCUT2D eigenvalue weighted by Crippen LogP contribution is 2.36. The number of nitrogens with zero attached hydrogens (tertiary/aromatic N) is 2. The number of rotatable bonds is 8. The van der Waals surface area contributed by atoms with E-state index < -0.39 is 33.7 Å². The maximum Gasteiger partial charge on any atom is 0.338 e. The largest absolute Gasteiger partial charge is 0.462 e. The molecule has 0 unspecified atom stereocenters. The van der Waals surface area contributed by atoms with Crippen LogP contribution in [0.25, 0.3) is 0 Å². The van der Waals surface area contributed by atoms with E-state index in [1.54, 1.807) is 19.1 Å². The smallest absolute Gasteiger partial charge is 0.338 e. The molecule has 4 rings (SSSR count). The average molecular weight is 501 g/mol. The summed E-state index contributed by atoms with van der Waals surface area (Å²) in [6.07, 6.45) is 1.03. The molecule has 184 valence electrons. The lowest BCUT2D eigenvalue weighted by Crippen LogP contribution is -2.61. The number of benzene rings is 3. The first-order chi connectivity index (χ1) is 16.7. The molecule has 0 amide bonds. The fraction of sp³-hybridized carbons (Fsp3) is 0.269. The number of ether oxygens (including phenoxy) is 1. The Morgan fingerprint density at radius 3 is 2.11 bits per heavy atom. The third kappa shape index (κ3) is 5.52. The summed E-state index contributed by atoms with van der Waals surface area (Å²) in [4.78, 5) is 14.1. The molecule has 0 N–H and O–H groups in total. The van der Waals surface area contributed by atoms with E-state index in [1.807, 2.05) is 42.5 Å². The van der Waals surface area contributed by atoms with Crippen molar-refractivity contribution in [2.75, 3.05) is 30.3 Å². The SMILES string of the molecule is CCOC(=O)c1ccc([C@@H](c2ccccc2)N2CC(N(c3cc(F)cc(F)c3)S(C)(=O)=O)C2)cc1. The van der Waals surface area contributed by atoms with Gasteiger partial charge in [-0.3, -0.25) is 9.21 Å². The number of hydrogen-bond acceptors (Lipinski definition) is 5. The normalized spacial score (nSPS) is 15.3. The number of likely N-dealkylation sites (tertiary alicyclic amines) is 1. The summed E-state index contributed by atoms with van der Waals surface area (Å²) in [5, 5.41) is 0. The lowest BCUT2D eigenvalue weighted by molar-refractivity contribution is 0.0526. The van der Waals surface area contributed by atoms with Crippen LogP contribution in [0.1, 0.15) is 34.5 Å². The molecule has 1 saturated heterocycles. The van der Waals surface area contributed by atoms with Crippen molar-refractivity contribution in [3.63, 3.8) is 0 Å². The number of halogens is 2. The lowest BCUT2D eigenvalue weighted by atomic mass is 9.92. The van der Waals surface area contributed by atoms with Crippen molar-refractivity contribution >= 4 is 21.7 Å². The third-order valence-electron chi connectivity index (χ3n) is 5.90. The van der Waals surface area contributed by atoms with Crippen molar-refractivity contribution < 1.29 is 26.7 Å².